The Morgan fingerprint density at radius 2 is 1.56 bits per heavy atom. The molecule has 0 aromatic carbocycles. The molecule has 0 aromatic rings. The predicted molar refractivity (Wildman–Crippen MR) is 39.3 cm³/mol. The largest absolute Gasteiger partial charge is 0.300 e. The molecule has 0 fully saturated rings. The summed E-state index contributed by atoms with van der Waals surface area (Å²) >= 11 is 0. The van der Waals surface area contributed by atoms with E-state index in [1.165, 1.54) is 33.1 Å². The number of Topliss-reactive ketones (excluding diaryl/α,β-unsaturated/α-hetero) is 1. The summed E-state index contributed by atoms with van der Waals surface area (Å²) in [6, 6.07) is 0. The first kappa shape index (κ1) is 8.41. The molecule has 1 aliphatic rings. The smallest absolute Gasteiger partial charge is 0.126 e. The normalized spacial score (nSPS) is 14.4. The van der Waals surface area contributed by atoms with Gasteiger partial charge < -0.3 is 4.79 Å². The van der Waals surface area contributed by atoms with Gasteiger partial charge in [-0.15, -0.1) is 0 Å². The van der Waals surface area contributed by atoms with Crippen molar-refractivity contribution in [3.63, 3.8) is 0 Å². The molecule has 0 bridgehead atoms. The Morgan fingerprint density at radius 3 is 1.67 bits per heavy atom. The van der Waals surface area contributed by atoms with Crippen LogP contribution in [0.25, 0.3) is 0 Å². The highest BCUT2D eigenvalue weighted by atomic mass is 16.1. The fraction of sp³-hybridized carbons (Fsp3) is 0.625. The lowest BCUT2D eigenvalue weighted by Crippen LogP contribution is -1.69. The first-order chi connectivity index (χ1) is 4.23. The highest BCUT2D eigenvalue weighted by Crippen LogP contribution is 2.05. The van der Waals surface area contributed by atoms with E-state index in [-0.39, 0.29) is 5.78 Å². The van der Waals surface area contributed by atoms with Gasteiger partial charge in [0, 0.05) is 0 Å². The van der Waals surface area contributed by atoms with Gasteiger partial charge in [-0.1, -0.05) is 12.2 Å². The van der Waals surface area contributed by atoms with Gasteiger partial charge in [-0.3, -0.25) is 0 Å². The van der Waals surface area contributed by atoms with E-state index in [0.717, 1.165) is 0 Å². The minimum absolute atomic E-state index is 0.167. The van der Waals surface area contributed by atoms with Crippen molar-refractivity contribution in [1.82, 2.24) is 0 Å². The third-order valence-electron chi connectivity index (χ3n) is 0.908. The van der Waals surface area contributed by atoms with Gasteiger partial charge in [0.25, 0.3) is 0 Å². The van der Waals surface area contributed by atoms with Crippen LogP contribution in [0.3, 0.4) is 0 Å². The molecule has 1 heteroatoms. The Bertz CT molecular complexity index is 93.1. The Labute approximate surface area is 56.8 Å². The van der Waals surface area contributed by atoms with Crippen LogP contribution >= 0.6 is 0 Å². The van der Waals surface area contributed by atoms with E-state index in [2.05, 4.69) is 12.2 Å². The predicted octanol–water partition coefficient (Wildman–Crippen LogP) is 2.32. The molecular formula is C8H14O. The van der Waals surface area contributed by atoms with Crippen LogP contribution in [0.1, 0.15) is 33.1 Å². The van der Waals surface area contributed by atoms with E-state index < -0.39 is 0 Å². The molecule has 1 nitrogen and oxygen atoms in total. The first-order valence-electron chi connectivity index (χ1n) is 3.35. The van der Waals surface area contributed by atoms with Crippen LogP contribution in [0.15, 0.2) is 12.2 Å². The van der Waals surface area contributed by atoms with E-state index in [0.29, 0.717) is 0 Å². The Hall–Kier alpha value is -0.590. The third-order valence-corrected chi connectivity index (χ3v) is 0.908. The molecule has 0 aromatic heterocycles. The summed E-state index contributed by atoms with van der Waals surface area (Å²) in [5.74, 6) is 0.167. The standard InChI is InChI=1S/C5H8.C3H6O/c1-2-4-5-3-1;1-3(2)4/h1-2H,3-5H2;1-2H3. The number of allylic oxidation sites excluding steroid dienone is 2. The lowest BCUT2D eigenvalue weighted by atomic mass is 10.4. The Balaban J connectivity index is 0.000000148. The lowest BCUT2D eigenvalue weighted by Gasteiger charge is -1.69. The quantitative estimate of drug-likeness (QED) is 0.455. The molecule has 0 unspecified atom stereocenters. The maximum atomic E-state index is 9.44. The highest BCUT2D eigenvalue weighted by molar-refractivity contribution is 5.72. The molecule has 0 N–H and O–H groups in total. The number of rotatable bonds is 0. The Kier molecular flexibility index (Phi) is 5.18. The molecule has 0 atom stereocenters. The molecular weight excluding hydrogens is 112 g/mol. The third kappa shape index (κ3) is 11.2. The van der Waals surface area contributed by atoms with Crippen molar-refractivity contribution in [1.29, 1.82) is 0 Å². The molecule has 1 aliphatic carbocycles. The molecule has 0 aliphatic heterocycles. The van der Waals surface area contributed by atoms with Crippen LogP contribution in [0, 0.1) is 0 Å². The average Bonchev–Trinajstić information content (AvgIpc) is 2.11. The van der Waals surface area contributed by atoms with Gasteiger partial charge in [0.1, 0.15) is 5.78 Å². The maximum absolute atomic E-state index is 9.44. The van der Waals surface area contributed by atoms with Crippen molar-refractivity contribution < 1.29 is 4.79 Å². The van der Waals surface area contributed by atoms with Crippen LogP contribution in [0.4, 0.5) is 0 Å². The summed E-state index contributed by atoms with van der Waals surface area (Å²) in [5.41, 5.74) is 0. The second-order valence-corrected chi connectivity index (χ2v) is 2.31. The second kappa shape index (κ2) is 5.54. The average molecular weight is 126 g/mol. The fourth-order valence-electron chi connectivity index (χ4n) is 0.589. The van der Waals surface area contributed by atoms with Crippen molar-refractivity contribution >= 4 is 5.78 Å². The van der Waals surface area contributed by atoms with E-state index in [1.54, 1.807) is 0 Å². The van der Waals surface area contributed by atoms with Crippen molar-refractivity contribution in [2.24, 2.45) is 0 Å². The molecule has 52 valence electrons. The number of carbonyl (C=O) groups is 1. The monoisotopic (exact) mass is 126 g/mol. The number of carbonyl (C=O) groups excluding carboxylic acids is 1. The van der Waals surface area contributed by atoms with Crippen LogP contribution in [-0.4, -0.2) is 5.78 Å². The summed E-state index contributed by atoms with van der Waals surface area (Å²) in [7, 11) is 0. The molecule has 0 radical (unpaired) electrons. The zero-order valence-electron chi connectivity index (χ0n) is 6.18. The summed E-state index contributed by atoms with van der Waals surface area (Å²) in [6.07, 6.45) is 8.50. The van der Waals surface area contributed by atoms with Crippen molar-refractivity contribution in [3.05, 3.63) is 12.2 Å². The van der Waals surface area contributed by atoms with Gasteiger partial charge in [0.15, 0.2) is 0 Å². The zero-order valence-corrected chi connectivity index (χ0v) is 6.18. The number of hydrogen-bond acceptors (Lipinski definition) is 1. The van der Waals surface area contributed by atoms with Crippen molar-refractivity contribution in [2.75, 3.05) is 0 Å². The molecule has 0 spiro atoms. The lowest BCUT2D eigenvalue weighted by molar-refractivity contribution is -0.114. The van der Waals surface area contributed by atoms with Gasteiger partial charge in [0.05, 0.1) is 0 Å². The van der Waals surface area contributed by atoms with Gasteiger partial charge in [-0.05, 0) is 33.1 Å². The van der Waals surface area contributed by atoms with Crippen molar-refractivity contribution in [3.8, 4) is 0 Å². The van der Waals surface area contributed by atoms with Crippen LogP contribution in [0.5, 0.6) is 0 Å². The molecule has 1 rings (SSSR count). The van der Waals surface area contributed by atoms with Gasteiger partial charge in [-0.2, -0.15) is 0 Å². The summed E-state index contributed by atoms with van der Waals surface area (Å²) in [6.45, 7) is 3.06. The number of ketones is 1. The Morgan fingerprint density at radius 1 is 1.22 bits per heavy atom. The second-order valence-electron chi connectivity index (χ2n) is 2.31. The van der Waals surface area contributed by atoms with Crippen LogP contribution in [0.2, 0.25) is 0 Å². The van der Waals surface area contributed by atoms with E-state index in [9.17, 15) is 4.79 Å². The van der Waals surface area contributed by atoms with Crippen LogP contribution in [-0.2, 0) is 4.79 Å². The minimum Gasteiger partial charge on any atom is -0.300 e. The number of hydrogen-bond donors (Lipinski definition) is 0. The van der Waals surface area contributed by atoms with Gasteiger partial charge in [-0.25, -0.2) is 0 Å². The fourth-order valence-corrected chi connectivity index (χ4v) is 0.589. The molecule has 0 amide bonds. The van der Waals surface area contributed by atoms with Gasteiger partial charge in [0.2, 0.25) is 0 Å². The molecule has 0 saturated carbocycles. The van der Waals surface area contributed by atoms with E-state index in [1.807, 2.05) is 0 Å². The van der Waals surface area contributed by atoms with Gasteiger partial charge >= 0.3 is 0 Å². The highest BCUT2D eigenvalue weighted by Gasteiger charge is 1.84. The first-order valence-corrected chi connectivity index (χ1v) is 3.35. The zero-order chi connectivity index (χ0) is 7.11. The summed E-state index contributed by atoms with van der Waals surface area (Å²) in [4.78, 5) is 9.44. The molecule has 9 heavy (non-hydrogen) atoms. The topological polar surface area (TPSA) is 17.1 Å². The minimum atomic E-state index is 0.167. The van der Waals surface area contributed by atoms with Crippen molar-refractivity contribution in [2.45, 2.75) is 33.1 Å². The van der Waals surface area contributed by atoms with Crippen LogP contribution < -0.4 is 0 Å². The van der Waals surface area contributed by atoms with E-state index >= 15 is 0 Å². The summed E-state index contributed by atoms with van der Waals surface area (Å²) < 4.78 is 0. The molecule has 0 saturated heterocycles. The maximum Gasteiger partial charge on any atom is 0.126 e. The summed E-state index contributed by atoms with van der Waals surface area (Å²) in [5, 5.41) is 0. The SMILES string of the molecule is C1=CCCC1.CC(C)=O. The van der Waals surface area contributed by atoms with E-state index in [4.69, 9.17) is 0 Å². The molecule has 0 heterocycles.